The van der Waals surface area contributed by atoms with Gasteiger partial charge in [-0.2, -0.15) is 5.26 Å². The molecule has 0 bridgehead atoms. The predicted molar refractivity (Wildman–Crippen MR) is 92.4 cm³/mol. The molecule has 2 heterocycles. The van der Waals surface area contributed by atoms with E-state index in [1.807, 2.05) is 31.2 Å². The Morgan fingerprint density at radius 3 is 2.67 bits per heavy atom. The van der Waals surface area contributed by atoms with Gasteiger partial charge >= 0.3 is 5.63 Å². The Balaban J connectivity index is 2.23. The summed E-state index contributed by atoms with van der Waals surface area (Å²) in [4.78, 5) is 12.5. The summed E-state index contributed by atoms with van der Waals surface area (Å²) in [5.74, 6) is 0.327. The summed E-state index contributed by atoms with van der Waals surface area (Å²) in [6.07, 6.45) is 1.47. The van der Waals surface area contributed by atoms with Crippen molar-refractivity contribution in [3.63, 3.8) is 0 Å². The van der Waals surface area contributed by atoms with Crippen molar-refractivity contribution in [3.05, 3.63) is 73.6 Å². The average Bonchev–Trinajstić information content (AvgIpc) is 2.54. The molecule has 1 atom stereocenters. The van der Waals surface area contributed by atoms with Crippen LogP contribution >= 0.6 is 15.9 Å². The molecule has 24 heavy (non-hydrogen) atoms. The van der Waals surface area contributed by atoms with Crippen LogP contribution < -0.4 is 16.1 Å². The summed E-state index contributed by atoms with van der Waals surface area (Å²) in [6, 6.07) is 11.1. The van der Waals surface area contributed by atoms with E-state index in [0.717, 1.165) is 16.5 Å². The minimum absolute atomic E-state index is 0.0194. The van der Waals surface area contributed by atoms with Gasteiger partial charge in [0.15, 0.2) is 0 Å². The second kappa shape index (κ2) is 6.54. The molecule has 1 aromatic carbocycles. The van der Waals surface area contributed by atoms with Crippen molar-refractivity contribution in [1.82, 2.24) is 0 Å². The molecule has 1 aromatic heterocycles. The molecular weight excluding hydrogens is 372 g/mol. The van der Waals surface area contributed by atoms with Crippen molar-refractivity contribution in [2.45, 2.75) is 25.7 Å². The van der Waals surface area contributed by atoms with Crippen LogP contribution in [0, 0.1) is 11.3 Å². The number of halogens is 1. The zero-order chi connectivity index (χ0) is 17.3. The number of hydrogen-bond acceptors (Lipinski definition) is 5. The third kappa shape index (κ3) is 2.83. The lowest BCUT2D eigenvalue weighted by Gasteiger charge is -2.25. The molecule has 0 amide bonds. The molecule has 6 heteroatoms. The van der Waals surface area contributed by atoms with Gasteiger partial charge in [-0.25, -0.2) is 4.79 Å². The molecule has 0 fully saturated rings. The molecule has 2 N–H and O–H groups in total. The maximum atomic E-state index is 12.5. The molecule has 2 aromatic rings. The van der Waals surface area contributed by atoms with Gasteiger partial charge in [0.1, 0.15) is 23.2 Å². The van der Waals surface area contributed by atoms with Gasteiger partial charge in [-0.1, -0.05) is 35.0 Å². The van der Waals surface area contributed by atoms with Crippen LogP contribution in [0.4, 0.5) is 0 Å². The second-order valence-corrected chi connectivity index (χ2v) is 6.42. The van der Waals surface area contributed by atoms with Gasteiger partial charge in [-0.15, -0.1) is 0 Å². The number of nitrogens with two attached hydrogens (primary N) is 1. The summed E-state index contributed by atoms with van der Waals surface area (Å²) in [5, 5.41) is 9.49. The van der Waals surface area contributed by atoms with Crippen molar-refractivity contribution < 1.29 is 9.15 Å². The lowest BCUT2D eigenvalue weighted by molar-refractivity contribution is 0.367. The zero-order valence-electron chi connectivity index (χ0n) is 13.0. The molecule has 0 aliphatic carbocycles. The Labute approximate surface area is 147 Å². The second-order valence-electron chi connectivity index (χ2n) is 5.50. The number of rotatable bonds is 3. The van der Waals surface area contributed by atoms with E-state index < -0.39 is 11.5 Å². The normalized spacial score (nSPS) is 16.3. The van der Waals surface area contributed by atoms with Crippen LogP contribution in [0.25, 0.3) is 0 Å². The highest BCUT2D eigenvalue weighted by Gasteiger charge is 2.34. The lowest BCUT2D eigenvalue weighted by atomic mass is 9.84. The molecule has 1 unspecified atom stereocenters. The fourth-order valence-corrected chi connectivity index (χ4v) is 3.07. The molecule has 0 saturated carbocycles. The van der Waals surface area contributed by atoms with E-state index in [0.29, 0.717) is 23.5 Å². The standard InChI is InChI=1S/C18H15BrN2O3/c1-2-3-12-8-14-16(18(22)23-12)15(13(9-20)17(21)24-14)10-4-6-11(19)7-5-10/h4-8,15H,2-3,21H2,1H3. The van der Waals surface area contributed by atoms with Gasteiger partial charge in [0.25, 0.3) is 0 Å². The monoisotopic (exact) mass is 386 g/mol. The Morgan fingerprint density at radius 1 is 1.33 bits per heavy atom. The van der Waals surface area contributed by atoms with Gasteiger partial charge in [-0.05, 0) is 24.1 Å². The van der Waals surface area contributed by atoms with E-state index in [9.17, 15) is 10.1 Å². The highest BCUT2D eigenvalue weighted by Crippen LogP contribution is 2.40. The smallest absolute Gasteiger partial charge is 0.343 e. The van der Waals surface area contributed by atoms with Crippen molar-refractivity contribution in [1.29, 1.82) is 5.26 Å². The summed E-state index contributed by atoms with van der Waals surface area (Å²) in [7, 11) is 0. The first kappa shape index (κ1) is 16.3. The molecule has 0 radical (unpaired) electrons. The molecule has 3 rings (SSSR count). The maximum absolute atomic E-state index is 12.5. The Hall–Kier alpha value is -2.52. The Bertz CT molecular complexity index is 907. The quantitative estimate of drug-likeness (QED) is 0.870. The minimum atomic E-state index is -0.598. The summed E-state index contributed by atoms with van der Waals surface area (Å²) in [6.45, 7) is 1.99. The average molecular weight is 387 g/mol. The molecule has 1 aliphatic heterocycles. The summed E-state index contributed by atoms with van der Waals surface area (Å²) >= 11 is 3.38. The fraction of sp³-hybridized carbons (Fsp3) is 0.222. The Kier molecular flexibility index (Phi) is 4.45. The minimum Gasteiger partial charge on any atom is -0.440 e. The molecule has 0 spiro atoms. The topological polar surface area (TPSA) is 89.2 Å². The fourth-order valence-electron chi connectivity index (χ4n) is 2.81. The number of nitrogens with zero attached hydrogens (tertiary/aromatic N) is 1. The van der Waals surface area contributed by atoms with E-state index in [1.54, 1.807) is 6.07 Å². The number of nitriles is 1. The zero-order valence-corrected chi connectivity index (χ0v) is 14.6. The van der Waals surface area contributed by atoms with Gasteiger partial charge in [0.05, 0.1) is 11.5 Å². The molecule has 1 aliphatic rings. The van der Waals surface area contributed by atoms with Gasteiger partial charge in [-0.3, -0.25) is 0 Å². The summed E-state index contributed by atoms with van der Waals surface area (Å²) < 4.78 is 11.8. The van der Waals surface area contributed by atoms with Gasteiger partial charge in [0.2, 0.25) is 5.88 Å². The third-order valence-corrected chi connectivity index (χ3v) is 4.41. The highest BCUT2D eigenvalue weighted by atomic mass is 79.9. The van der Waals surface area contributed by atoms with Crippen molar-refractivity contribution in [2.24, 2.45) is 5.73 Å². The van der Waals surface area contributed by atoms with Gasteiger partial charge < -0.3 is 14.9 Å². The van der Waals surface area contributed by atoms with E-state index in [1.165, 1.54) is 0 Å². The van der Waals surface area contributed by atoms with Crippen molar-refractivity contribution in [3.8, 4) is 11.8 Å². The Morgan fingerprint density at radius 2 is 2.04 bits per heavy atom. The highest BCUT2D eigenvalue weighted by molar-refractivity contribution is 9.10. The first-order valence-electron chi connectivity index (χ1n) is 7.55. The van der Waals surface area contributed by atoms with Crippen molar-refractivity contribution in [2.75, 3.05) is 0 Å². The molecule has 0 saturated heterocycles. The third-order valence-electron chi connectivity index (χ3n) is 3.88. The van der Waals surface area contributed by atoms with E-state index in [4.69, 9.17) is 14.9 Å². The molecular formula is C18H15BrN2O3. The van der Waals surface area contributed by atoms with E-state index >= 15 is 0 Å². The lowest BCUT2D eigenvalue weighted by Crippen LogP contribution is -2.26. The largest absolute Gasteiger partial charge is 0.440 e. The van der Waals surface area contributed by atoms with Crippen LogP contribution in [-0.2, 0) is 6.42 Å². The van der Waals surface area contributed by atoms with E-state index in [2.05, 4.69) is 22.0 Å². The van der Waals surface area contributed by atoms with Crippen LogP contribution in [0.1, 0.15) is 36.1 Å². The molecule has 5 nitrogen and oxygen atoms in total. The number of aryl methyl sites for hydroxylation is 1. The SMILES string of the molecule is CCCc1cc2c(c(=O)o1)C(c1ccc(Br)cc1)C(C#N)=C(N)O2. The first-order chi connectivity index (χ1) is 11.5. The number of allylic oxidation sites excluding steroid dienone is 1. The molecule has 122 valence electrons. The van der Waals surface area contributed by atoms with Crippen molar-refractivity contribution >= 4 is 15.9 Å². The van der Waals surface area contributed by atoms with Crippen LogP contribution in [-0.4, -0.2) is 0 Å². The van der Waals surface area contributed by atoms with Crippen LogP contribution in [0.2, 0.25) is 0 Å². The number of fused-ring (bicyclic) bond motifs is 1. The number of ether oxygens (including phenoxy) is 1. The van der Waals surface area contributed by atoms with Gasteiger partial charge in [0, 0.05) is 17.0 Å². The first-order valence-corrected chi connectivity index (χ1v) is 8.34. The summed E-state index contributed by atoms with van der Waals surface area (Å²) in [5.41, 5.74) is 6.73. The van der Waals surface area contributed by atoms with Crippen LogP contribution in [0.15, 0.2) is 55.5 Å². The van der Waals surface area contributed by atoms with Crippen LogP contribution in [0.3, 0.4) is 0 Å². The van der Waals surface area contributed by atoms with Crippen LogP contribution in [0.5, 0.6) is 5.75 Å². The number of benzene rings is 1. The maximum Gasteiger partial charge on any atom is 0.343 e. The predicted octanol–water partition coefficient (Wildman–Crippen LogP) is 3.57. The van der Waals surface area contributed by atoms with E-state index in [-0.39, 0.29) is 11.5 Å². The number of hydrogen-bond donors (Lipinski definition) is 1.